The summed E-state index contributed by atoms with van der Waals surface area (Å²) in [5, 5.41) is 0. The van der Waals surface area contributed by atoms with Crippen molar-refractivity contribution in [1.82, 2.24) is 0 Å². The second kappa shape index (κ2) is 2.91. The van der Waals surface area contributed by atoms with Gasteiger partial charge in [0, 0.05) is 4.83 Å². The zero-order valence-corrected chi connectivity index (χ0v) is 8.25. The van der Waals surface area contributed by atoms with E-state index in [4.69, 9.17) is 4.74 Å². The lowest BCUT2D eigenvalue weighted by atomic mass is 10.2. The molecule has 0 aromatic carbocycles. The first-order chi connectivity index (χ1) is 5.33. The molecule has 2 rings (SSSR count). The van der Waals surface area contributed by atoms with Crippen LogP contribution in [0.15, 0.2) is 12.2 Å². The van der Waals surface area contributed by atoms with Gasteiger partial charge >= 0.3 is 0 Å². The highest BCUT2D eigenvalue weighted by Crippen LogP contribution is 2.48. The molecule has 11 heavy (non-hydrogen) atoms. The highest BCUT2D eigenvalue weighted by molar-refractivity contribution is 9.09. The molecule has 0 spiro atoms. The molecule has 0 aromatic heterocycles. The number of allylic oxidation sites excluding steroid dienone is 1. The van der Waals surface area contributed by atoms with E-state index in [1.807, 2.05) is 0 Å². The molecule has 0 N–H and O–H groups in total. The first-order valence-corrected chi connectivity index (χ1v) is 5.18. The van der Waals surface area contributed by atoms with Gasteiger partial charge in [0.1, 0.15) is 0 Å². The smallest absolute Gasteiger partial charge is 0.0991 e. The van der Waals surface area contributed by atoms with Gasteiger partial charge in [-0.1, -0.05) is 41.4 Å². The summed E-state index contributed by atoms with van der Waals surface area (Å²) in [5.41, 5.74) is 0. The van der Waals surface area contributed by atoms with Crippen molar-refractivity contribution in [1.29, 1.82) is 0 Å². The van der Waals surface area contributed by atoms with Crippen molar-refractivity contribution in [2.75, 3.05) is 6.61 Å². The van der Waals surface area contributed by atoms with Crippen molar-refractivity contribution in [3.8, 4) is 0 Å². The second-order valence-electron chi connectivity index (χ2n) is 3.35. The van der Waals surface area contributed by atoms with E-state index in [0.717, 1.165) is 23.3 Å². The van der Waals surface area contributed by atoms with Crippen LogP contribution < -0.4 is 0 Å². The van der Waals surface area contributed by atoms with Gasteiger partial charge in [0.15, 0.2) is 0 Å². The van der Waals surface area contributed by atoms with Crippen molar-refractivity contribution < 1.29 is 4.74 Å². The summed E-state index contributed by atoms with van der Waals surface area (Å²) in [4.78, 5) is 0.738. The Morgan fingerprint density at radius 2 is 2.27 bits per heavy atom. The van der Waals surface area contributed by atoms with E-state index < -0.39 is 0 Å². The fourth-order valence-electron chi connectivity index (χ4n) is 1.52. The fraction of sp³-hybridized carbons (Fsp3) is 0.778. The molecule has 1 aliphatic carbocycles. The molecule has 2 aliphatic rings. The first kappa shape index (κ1) is 7.81. The molecule has 0 aromatic rings. The van der Waals surface area contributed by atoms with Gasteiger partial charge in [0.2, 0.25) is 0 Å². The van der Waals surface area contributed by atoms with Crippen LogP contribution in [0.4, 0.5) is 0 Å². The van der Waals surface area contributed by atoms with E-state index in [0.29, 0.717) is 6.10 Å². The van der Waals surface area contributed by atoms with Gasteiger partial charge in [0.05, 0.1) is 12.7 Å². The molecule has 1 heterocycles. The van der Waals surface area contributed by atoms with Crippen LogP contribution in [0, 0.1) is 11.8 Å². The van der Waals surface area contributed by atoms with Crippen LogP contribution in [0.5, 0.6) is 0 Å². The molecule has 1 unspecified atom stereocenters. The number of alkyl halides is 1. The predicted octanol–water partition coefficient (Wildman–Crippen LogP) is 2.36. The zero-order chi connectivity index (χ0) is 7.84. The van der Waals surface area contributed by atoms with Crippen LogP contribution in [0.1, 0.15) is 13.3 Å². The Labute approximate surface area is 75.9 Å². The molecule has 0 bridgehead atoms. The third-order valence-electron chi connectivity index (χ3n) is 2.51. The van der Waals surface area contributed by atoms with Crippen molar-refractivity contribution in [2.24, 2.45) is 11.8 Å². The largest absolute Gasteiger partial charge is 0.369 e. The average molecular weight is 217 g/mol. The third kappa shape index (κ3) is 1.67. The summed E-state index contributed by atoms with van der Waals surface area (Å²) >= 11 is 3.65. The molecular formula is C9H13BrO. The number of rotatable bonds is 3. The SMILES string of the molecule is CC[C@H]1[C@@H](Br)[C@H]1/C=C/C1CO1. The maximum atomic E-state index is 5.09. The average Bonchev–Trinajstić information content (AvgIpc) is 2.83. The Morgan fingerprint density at radius 3 is 2.73 bits per heavy atom. The minimum atomic E-state index is 0.452. The molecule has 4 atom stereocenters. The molecule has 0 radical (unpaired) electrons. The van der Waals surface area contributed by atoms with Crippen LogP contribution in [0.3, 0.4) is 0 Å². The van der Waals surface area contributed by atoms with Gasteiger partial charge in [-0.3, -0.25) is 0 Å². The van der Waals surface area contributed by atoms with Gasteiger partial charge in [-0.15, -0.1) is 0 Å². The van der Waals surface area contributed by atoms with E-state index in [2.05, 4.69) is 35.0 Å². The number of ether oxygens (including phenoxy) is 1. The van der Waals surface area contributed by atoms with Crippen molar-refractivity contribution in [3.05, 3.63) is 12.2 Å². The number of epoxide rings is 1. The predicted molar refractivity (Wildman–Crippen MR) is 48.9 cm³/mol. The van der Waals surface area contributed by atoms with Gasteiger partial charge in [-0.05, 0) is 11.8 Å². The van der Waals surface area contributed by atoms with E-state index in [1.165, 1.54) is 6.42 Å². The second-order valence-corrected chi connectivity index (χ2v) is 4.41. The van der Waals surface area contributed by atoms with Crippen molar-refractivity contribution in [3.63, 3.8) is 0 Å². The number of hydrogen-bond donors (Lipinski definition) is 0. The van der Waals surface area contributed by atoms with E-state index in [9.17, 15) is 0 Å². The van der Waals surface area contributed by atoms with Crippen LogP contribution in [0.2, 0.25) is 0 Å². The molecule has 2 fully saturated rings. The van der Waals surface area contributed by atoms with Crippen LogP contribution in [-0.2, 0) is 4.74 Å². The molecule has 2 heteroatoms. The lowest BCUT2D eigenvalue weighted by Crippen LogP contribution is -1.78. The maximum absolute atomic E-state index is 5.09. The van der Waals surface area contributed by atoms with E-state index >= 15 is 0 Å². The van der Waals surface area contributed by atoms with Crippen molar-refractivity contribution >= 4 is 15.9 Å². The Bertz CT molecular complexity index is 174. The summed E-state index contributed by atoms with van der Waals surface area (Å²) < 4.78 is 5.09. The highest BCUT2D eigenvalue weighted by atomic mass is 79.9. The van der Waals surface area contributed by atoms with Gasteiger partial charge in [0.25, 0.3) is 0 Å². The molecule has 62 valence electrons. The maximum Gasteiger partial charge on any atom is 0.0991 e. The lowest BCUT2D eigenvalue weighted by Gasteiger charge is -1.83. The monoisotopic (exact) mass is 216 g/mol. The molecule has 0 amide bonds. The summed E-state index contributed by atoms with van der Waals surface area (Å²) in [6.07, 6.45) is 6.25. The highest BCUT2D eigenvalue weighted by Gasteiger charge is 2.45. The minimum Gasteiger partial charge on any atom is -0.369 e. The minimum absolute atomic E-state index is 0.452. The van der Waals surface area contributed by atoms with Crippen LogP contribution in [-0.4, -0.2) is 17.5 Å². The Morgan fingerprint density at radius 1 is 1.55 bits per heavy atom. The van der Waals surface area contributed by atoms with Gasteiger partial charge in [-0.25, -0.2) is 0 Å². The molecule has 1 nitrogen and oxygen atoms in total. The Hall–Kier alpha value is 0.180. The molecule has 1 saturated carbocycles. The summed E-state index contributed by atoms with van der Waals surface area (Å²) in [5.74, 6) is 1.66. The molecule has 1 saturated heterocycles. The molecule has 1 aliphatic heterocycles. The lowest BCUT2D eigenvalue weighted by molar-refractivity contribution is 0.439. The zero-order valence-electron chi connectivity index (χ0n) is 6.66. The Kier molecular flexibility index (Phi) is 2.06. The van der Waals surface area contributed by atoms with Crippen molar-refractivity contribution in [2.45, 2.75) is 24.3 Å². The van der Waals surface area contributed by atoms with E-state index in [1.54, 1.807) is 0 Å². The van der Waals surface area contributed by atoms with Gasteiger partial charge in [-0.2, -0.15) is 0 Å². The van der Waals surface area contributed by atoms with Crippen LogP contribution in [0.25, 0.3) is 0 Å². The third-order valence-corrected chi connectivity index (χ3v) is 3.80. The normalized spacial score (nSPS) is 48.2. The first-order valence-electron chi connectivity index (χ1n) is 4.27. The number of halogens is 1. The van der Waals surface area contributed by atoms with Gasteiger partial charge < -0.3 is 4.74 Å². The molecular weight excluding hydrogens is 204 g/mol. The topological polar surface area (TPSA) is 12.5 Å². The van der Waals surface area contributed by atoms with E-state index in [-0.39, 0.29) is 0 Å². The summed E-state index contributed by atoms with van der Waals surface area (Å²) in [6, 6.07) is 0. The quantitative estimate of drug-likeness (QED) is 0.401. The standard InChI is InChI=1S/C9H13BrO/c1-2-7-8(9(7)10)4-3-6-5-11-6/h3-4,6-9H,2,5H2,1H3/b4-3+/t6?,7-,8+,9-/m1/s1. The Balaban J connectivity index is 1.79. The summed E-state index contributed by atoms with van der Waals surface area (Å²) in [6.45, 7) is 3.19. The summed E-state index contributed by atoms with van der Waals surface area (Å²) in [7, 11) is 0. The van der Waals surface area contributed by atoms with Crippen LogP contribution >= 0.6 is 15.9 Å². The number of hydrogen-bond acceptors (Lipinski definition) is 1. The fourth-order valence-corrected chi connectivity index (χ4v) is 2.64.